The van der Waals surface area contributed by atoms with Crippen molar-refractivity contribution in [1.29, 1.82) is 0 Å². The van der Waals surface area contributed by atoms with Crippen molar-refractivity contribution < 1.29 is 9.59 Å². The predicted octanol–water partition coefficient (Wildman–Crippen LogP) is 4.02. The summed E-state index contributed by atoms with van der Waals surface area (Å²) in [5.41, 5.74) is 0.828. The van der Waals surface area contributed by atoms with E-state index in [0.717, 1.165) is 29.5 Å². The number of hydrogen-bond acceptors (Lipinski definition) is 4. The molecule has 0 fully saturated rings. The Hall–Kier alpha value is -1.55. The Morgan fingerprint density at radius 2 is 2.00 bits per heavy atom. The monoisotopic (exact) mass is 275 g/mol. The highest BCUT2D eigenvalue weighted by Crippen LogP contribution is 2.22. The van der Waals surface area contributed by atoms with E-state index in [2.05, 4.69) is 11.9 Å². The second-order valence-electron chi connectivity index (χ2n) is 4.58. The van der Waals surface area contributed by atoms with E-state index in [-0.39, 0.29) is 18.0 Å². The van der Waals surface area contributed by atoms with Gasteiger partial charge in [0.1, 0.15) is 5.78 Å². The third kappa shape index (κ3) is 3.70. The number of unbranched alkanes of at least 4 members (excludes halogenated alkanes) is 2. The molecule has 0 amide bonds. The van der Waals surface area contributed by atoms with Gasteiger partial charge in [0.25, 0.3) is 0 Å². The molecule has 0 spiro atoms. The summed E-state index contributed by atoms with van der Waals surface area (Å²) >= 11 is 1.36. The lowest BCUT2D eigenvalue weighted by atomic mass is 10.1. The minimum Gasteiger partial charge on any atom is -0.299 e. The summed E-state index contributed by atoms with van der Waals surface area (Å²) in [5, 5.41) is 0.449. The number of carbonyl (C=O) groups excluding carboxylic acids is 2. The van der Waals surface area contributed by atoms with Gasteiger partial charge in [0.15, 0.2) is 10.8 Å². The van der Waals surface area contributed by atoms with Crippen LogP contribution in [0.3, 0.4) is 0 Å². The molecule has 0 saturated heterocycles. The third-order valence-electron chi connectivity index (χ3n) is 2.95. The van der Waals surface area contributed by atoms with Crippen LogP contribution >= 0.6 is 11.3 Å². The SMILES string of the molecule is CCCCCC(=O)CC(=O)c1nc2ccccc2s1. The van der Waals surface area contributed by atoms with E-state index < -0.39 is 0 Å². The van der Waals surface area contributed by atoms with Crippen molar-refractivity contribution in [1.82, 2.24) is 4.98 Å². The molecule has 0 aliphatic heterocycles. The van der Waals surface area contributed by atoms with Crippen molar-refractivity contribution in [2.75, 3.05) is 0 Å². The molecular weight excluding hydrogens is 258 g/mol. The Morgan fingerprint density at radius 1 is 1.21 bits per heavy atom. The number of aromatic nitrogens is 1. The van der Waals surface area contributed by atoms with Crippen LogP contribution in [0.4, 0.5) is 0 Å². The van der Waals surface area contributed by atoms with Crippen molar-refractivity contribution >= 4 is 33.1 Å². The molecule has 0 aliphatic rings. The number of nitrogens with zero attached hydrogens (tertiary/aromatic N) is 1. The summed E-state index contributed by atoms with van der Waals surface area (Å²) in [7, 11) is 0. The van der Waals surface area contributed by atoms with E-state index in [9.17, 15) is 9.59 Å². The highest BCUT2D eigenvalue weighted by atomic mass is 32.1. The smallest absolute Gasteiger partial charge is 0.198 e. The van der Waals surface area contributed by atoms with Crippen molar-refractivity contribution in [3.63, 3.8) is 0 Å². The van der Waals surface area contributed by atoms with Gasteiger partial charge in [-0.25, -0.2) is 4.98 Å². The molecule has 0 saturated carbocycles. The molecule has 2 aromatic rings. The molecule has 1 heterocycles. The number of rotatable bonds is 7. The van der Waals surface area contributed by atoms with Crippen LogP contribution in [0.1, 0.15) is 48.8 Å². The number of Topliss-reactive ketones (excluding diaryl/α,β-unsaturated/α-hetero) is 2. The van der Waals surface area contributed by atoms with Gasteiger partial charge < -0.3 is 0 Å². The fourth-order valence-corrected chi connectivity index (χ4v) is 2.81. The van der Waals surface area contributed by atoms with Gasteiger partial charge in [-0.2, -0.15) is 0 Å². The summed E-state index contributed by atoms with van der Waals surface area (Å²) < 4.78 is 0.990. The zero-order valence-corrected chi connectivity index (χ0v) is 11.8. The van der Waals surface area contributed by atoms with Gasteiger partial charge in [-0.05, 0) is 18.6 Å². The molecule has 100 valence electrons. The number of carbonyl (C=O) groups is 2. The van der Waals surface area contributed by atoms with Gasteiger partial charge >= 0.3 is 0 Å². The highest BCUT2D eigenvalue weighted by Gasteiger charge is 2.15. The predicted molar refractivity (Wildman–Crippen MR) is 77.7 cm³/mol. The van der Waals surface area contributed by atoms with Crippen LogP contribution in [0.2, 0.25) is 0 Å². The zero-order valence-electron chi connectivity index (χ0n) is 11.0. The summed E-state index contributed by atoms with van der Waals surface area (Å²) in [6.07, 6.45) is 3.50. The van der Waals surface area contributed by atoms with Crippen LogP contribution in [-0.2, 0) is 4.79 Å². The van der Waals surface area contributed by atoms with E-state index in [0.29, 0.717) is 11.4 Å². The maximum Gasteiger partial charge on any atom is 0.198 e. The van der Waals surface area contributed by atoms with E-state index >= 15 is 0 Å². The molecule has 3 nitrogen and oxygen atoms in total. The van der Waals surface area contributed by atoms with Crippen molar-refractivity contribution in [2.45, 2.75) is 39.0 Å². The van der Waals surface area contributed by atoms with Crippen LogP contribution in [0.5, 0.6) is 0 Å². The average molecular weight is 275 g/mol. The first-order chi connectivity index (χ1) is 9.20. The lowest BCUT2D eigenvalue weighted by Gasteiger charge is -1.97. The van der Waals surface area contributed by atoms with E-state index in [1.807, 2.05) is 24.3 Å². The van der Waals surface area contributed by atoms with Crippen LogP contribution in [0.25, 0.3) is 10.2 Å². The van der Waals surface area contributed by atoms with Gasteiger partial charge in [0.05, 0.1) is 16.6 Å². The summed E-state index contributed by atoms with van der Waals surface area (Å²) in [6.45, 7) is 2.09. The Balaban J connectivity index is 1.97. The van der Waals surface area contributed by atoms with Crippen molar-refractivity contribution in [3.8, 4) is 0 Å². The quantitative estimate of drug-likeness (QED) is 0.435. The fourth-order valence-electron chi connectivity index (χ4n) is 1.91. The van der Waals surface area contributed by atoms with Crippen molar-refractivity contribution in [2.24, 2.45) is 0 Å². The van der Waals surface area contributed by atoms with Gasteiger partial charge in [0, 0.05) is 6.42 Å². The van der Waals surface area contributed by atoms with E-state index in [1.54, 1.807) is 0 Å². The van der Waals surface area contributed by atoms with Gasteiger partial charge in [0.2, 0.25) is 0 Å². The topological polar surface area (TPSA) is 47.0 Å². The molecule has 0 atom stereocenters. The number of benzene rings is 1. The Kier molecular flexibility index (Phi) is 4.80. The summed E-state index contributed by atoms with van der Waals surface area (Å²) in [5.74, 6) is -0.125. The number of thiazole rings is 1. The molecule has 0 bridgehead atoms. The molecule has 19 heavy (non-hydrogen) atoms. The first-order valence-corrected chi connectivity index (χ1v) is 7.43. The number of para-hydroxylation sites is 1. The Bertz CT molecular complexity index is 556. The molecule has 1 aromatic heterocycles. The van der Waals surface area contributed by atoms with E-state index in [1.165, 1.54) is 11.3 Å². The number of ketones is 2. The summed E-state index contributed by atoms with van der Waals surface area (Å²) in [6, 6.07) is 7.63. The van der Waals surface area contributed by atoms with Gasteiger partial charge in [-0.1, -0.05) is 31.9 Å². The van der Waals surface area contributed by atoms with Gasteiger partial charge in [-0.3, -0.25) is 9.59 Å². The number of fused-ring (bicyclic) bond motifs is 1. The average Bonchev–Trinajstić information content (AvgIpc) is 2.83. The maximum atomic E-state index is 12.0. The lowest BCUT2D eigenvalue weighted by molar-refractivity contribution is -0.118. The molecule has 0 aliphatic carbocycles. The molecular formula is C15H17NO2S. The van der Waals surface area contributed by atoms with Crippen molar-refractivity contribution in [3.05, 3.63) is 29.3 Å². The van der Waals surface area contributed by atoms with Crippen LogP contribution in [0.15, 0.2) is 24.3 Å². The lowest BCUT2D eigenvalue weighted by Crippen LogP contribution is -2.07. The normalized spacial score (nSPS) is 10.8. The molecule has 2 rings (SSSR count). The second-order valence-corrected chi connectivity index (χ2v) is 5.61. The molecule has 0 N–H and O–H groups in total. The molecule has 4 heteroatoms. The number of hydrogen-bond donors (Lipinski definition) is 0. The van der Waals surface area contributed by atoms with Gasteiger partial charge in [-0.15, -0.1) is 11.3 Å². The maximum absolute atomic E-state index is 12.0. The first kappa shape index (κ1) is 13.9. The zero-order chi connectivity index (χ0) is 13.7. The summed E-state index contributed by atoms with van der Waals surface area (Å²) in [4.78, 5) is 27.9. The Labute approximate surface area is 116 Å². The third-order valence-corrected chi connectivity index (χ3v) is 4.03. The molecule has 1 aromatic carbocycles. The Morgan fingerprint density at radius 3 is 2.74 bits per heavy atom. The molecule has 0 radical (unpaired) electrons. The first-order valence-electron chi connectivity index (χ1n) is 6.61. The van der Waals surface area contributed by atoms with Crippen LogP contribution in [0, 0.1) is 0 Å². The minimum absolute atomic E-state index is 0.0104. The minimum atomic E-state index is -0.150. The standard InChI is InChI=1S/C15H17NO2S/c1-2-3-4-7-11(17)10-13(18)15-16-12-8-5-6-9-14(12)19-15/h5-6,8-9H,2-4,7,10H2,1H3. The molecule has 0 unspecified atom stereocenters. The second kappa shape index (κ2) is 6.57. The highest BCUT2D eigenvalue weighted by molar-refractivity contribution is 7.20. The van der Waals surface area contributed by atoms with Crippen LogP contribution < -0.4 is 0 Å². The van der Waals surface area contributed by atoms with E-state index in [4.69, 9.17) is 0 Å². The van der Waals surface area contributed by atoms with Crippen LogP contribution in [-0.4, -0.2) is 16.6 Å². The fraction of sp³-hybridized carbons (Fsp3) is 0.400. The largest absolute Gasteiger partial charge is 0.299 e.